The summed E-state index contributed by atoms with van der Waals surface area (Å²) in [5.74, 6) is -1.50. The number of likely N-dealkylation sites (N-methyl/N-ethyl adjacent to an activating group) is 1. The maximum atomic E-state index is 13.8. The van der Waals surface area contributed by atoms with E-state index in [9.17, 15) is 22.0 Å². The van der Waals surface area contributed by atoms with Gasteiger partial charge in [0.25, 0.3) is 0 Å². The molecule has 0 radical (unpaired) electrons. The van der Waals surface area contributed by atoms with Gasteiger partial charge in [-0.1, -0.05) is 6.92 Å². The summed E-state index contributed by atoms with van der Waals surface area (Å²) in [4.78, 5) is 0. The highest BCUT2D eigenvalue weighted by Crippen LogP contribution is 2.23. The number of hydrogen-bond acceptors (Lipinski definition) is 2. The van der Waals surface area contributed by atoms with Crippen LogP contribution in [0.2, 0.25) is 0 Å². The SMILES string of the molecule is CCNC(COCC(F)(F)F)Cc1c(F)ccc(Br)c1F. The first-order valence-corrected chi connectivity index (χ1v) is 7.04. The zero-order chi connectivity index (χ0) is 16.0. The highest BCUT2D eigenvalue weighted by molar-refractivity contribution is 9.10. The van der Waals surface area contributed by atoms with Crippen LogP contribution in [0.15, 0.2) is 16.6 Å². The summed E-state index contributed by atoms with van der Waals surface area (Å²) in [6.07, 6.45) is -4.54. The van der Waals surface area contributed by atoms with Gasteiger partial charge < -0.3 is 10.1 Å². The molecule has 1 unspecified atom stereocenters. The van der Waals surface area contributed by atoms with E-state index >= 15 is 0 Å². The van der Waals surface area contributed by atoms with Gasteiger partial charge in [-0.2, -0.15) is 13.2 Å². The fourth-order valence-electron chi connectivity index (χ4n) is 1.80. The molecule has 0 fully saturated rings. The van der Waals surface area contributed by atoms with Gasteiger partial charge >= 0.3 is 6.18 Å². The molecule has 0 aliphatic rings. The first-order chi connectivity index (χ1) is 9.74. The van der Waals surface area contributed by atoms with E-state index in [1.54, 1.807) is 6.92 Å². The minimum atomic E-state index is -4.43. The molecule has 0 aromatic heterocycles. The first-order valence-electron chi connectivity index (χ1n) is 6.24. The Hall–Kier alpha value is -0.730. The van der Waals surface area contributed by atoms with Crippen LogP contribution in [-0.2, 0) is 11.2 Å². The van der Waals surface area contributed by atoms with Gasteiger partial charge in [0.2, 0.25) is 0 Å². The van der Waals surface area contributed by atoms with Crippen molar-refractivity contribution in [3.05, 3.63) is 33.8 Å². The Morgan fingerprint density at radius 3 is 2.52 bits per heavy atom. The second-order valence-corrected chi connectivity index (χ2v) is 5.27. The highest BCUT2D eigenvalue weighted by atomic mass is 79.9. The molecule has 0 bridgehead atoms. The number of hydrogen-bond donors (Lipinski definition) is 1. The summed E-state index contributed by atoms with van der Waals surface area (Å²) >= 11 is 2.95. The third kappa shape index (κ3) is 6.27. The molecule has 1 aromatic carbocycles. The predicted molar refractivity (Wildman–Crippen MR) is 72.1 cm³/mol. The maximum absolute atomic E-state index is 13.8. The van der Waals surface area contributed by atoms with Crippen LogP contribution in [0.3, 0.4) is 0 Å². The van der Waals surface area contributed by atoms with Gasteiger partial charge in [-0.05, 0) is 41.0 Å². The highest BCUT2D eigenvalue weighted by Gasteiger charge is 2.28. The van der Waals surface area contributed by atoms with Crippen LogP contribution in [0, 0.1) is 11.6 Å². The van der Waals surface area contributed by atoms with E-state index < -0.39 is 30.5 Å². The Bertz CT molecular complexity index is 467. The summed E-state index contributed by atoms with van der Waals surface area (Å²) in [6.45, 7) is 0.499. The summed E-state index contributed by atoms with van der Waals surface area (Å²) in [5.41, 5.74) is -0.189. The molecule has 8 heteroatoms. The fourth-order valence-corrected chi connectivity index (χ4v) is 2.17. The molecule has 0 saturated heterocycles. The molecule has 21 heavy (non-hydrogen) atoms. The van der Waals surface area contributed by atoms with Crippen LogP contribution in [-0.4, -0.2) is 32.0 Å². The van der Waals surface area contributed by atoms with E-state index in [-0.39, 0.29) is 23.1 Å². The molecule has 0 aliphatic heterocycles. The van der Waals surface area contributed by atoms with Crippen molar-refractivity contribution in [2.45, 2.75) is 25.6 Å². The van der Waals surface area contributed by atoms with Gasteiger partial charge in [-0.15, -0.1) is 0 Å². The number of benzene rings is 1. The van der Waals surface area contributed by atoms with Crippen molar-refractivity contribution in [1.29, 1.82) is 0 Å². The molecule has 2 nitrogen and oxygen atoms in total. The topological polar surface area (TPSA) is 21.3 Å². The van der Waals surface area contributed by atoms with Gasteiger partial charge in [0, 0.05) is 11.6 Å². The average molecular weight is 376 g/mol. The Morgan fingerprint density at radius 2 is 1.95 bits per heavy atom. The van der Waals surface area contributed by atoms with E-state index in [0.717, 1.165) is 6.07 Å². The van der Waals surface area contributed by atoms with Crippen molar-refractivity contribution < 1.29 is 26.7 Å². The van der Waals surface area contributed by atoms with Gasteiger partial charge in [0.15, 0.2) is 0 Å². The molecule has 0 saturated carbocycles. The van der Waals surface area contributed by atoms with Crippen molar-refractivity contribution >= 4 is 15.9 Å². The van der Waals surface area contributed by atoms with E-state index in [1.807, 2.05) is 0 Å². The van der Waals surface area contributed by atoms with Gasteiger partial charge in [0.05, 0.1) is 11.1 Å². The molecule has 0 aliphatic carbocycles. The lowest BCUT2D eigenvalue weighted by molar-refractivity contribution is -0.175. The Balaban J connectivity index is 2.72. The average Bonchev–Trinajstić information content (AvgIpc) is 2.37. The van der Waals surface area contributed by atoms with E-state index in [0.29, 0.717) is 6.54 Å². The zero-order valence-corrected chi connectivity index (χ0v) is 12.8. The molecule has 1 N–H and O–H groups in total. The van der Waals surface area contributed by atoms with Crippen molar-refractivity contribution in [3.8, 4) is 0 Å². The molecule has 1 rings (SSSR count). The van der Waals surface area contributed by atoms with Crippen molar-refractivity contribution in [2.75, 3.05) is 19.8 Å². The van der Waals surface area contributed by atoms with Crippen LogP contribution >= 0.6 is 15.9 Å². The van der Waals surface area contributed by atoms with Crippen LogP contribution in [0.1, 0.15) is 12.5 Å². The van der Waals surface area contributed by atoms with Crippen LogP contribution in [0.4, 0.5) is 22.0 Å². The smallest absolute Gasteiger partial charge is 0.370 e. The molecular formula is C13H15BrF5NO. The standard InChI is InChI=1S/C13H15BrF5NO/c1-2-20-8(6-21-7-13(17,18)19)5-9-11(15)4-3-10(14)12(9)16/h3-4,8,20H,2,5-7H2,1H3. The molecule has 120 valence electrons. The Kier molecular flexibility index (Phi) is 7.02. The van der Waals surface area contributed by atoms with Gasteiger partial charge in [-0.25, -0.2) is 8.78 Å². The van der Waals surface area contributed by atoms with Crippen molar-refractivity contribution in [2.24, 2.45) is 0 Å². The number of halogens is 6. The number of ether oxygens (including phenoxy) is 1. The van der Waals surface area contributed by atoms with Crippen LogP contribution < -0.4 is 5.32 Å². The number of nitrogens with one attached hydrogen (secondary N) is 1. The third-order valence-corrected chi connectivity index (χ3v) is 3.28. The number of rotatable bonds is 7. The molecule has 0 heterocycles. The quantitative estimate of drug-likeness (QED) is 0.577. The largest absolute Gasteiger partial charge is 0.411 e. The van der Waals surface area contributed by atoms with Crippen molar-refractivity contribution in [1.82, 2.24) is 5.32 Å². The van der Waals surface area contributed by atoms with Gasteiger partial charge in [0.1, 0.15) is 18.2 Å². The summed E-state index contributed by atoms with van der Waals surface area (Å²) in [6, 6.07) is 1.72. The summed E-state index contributed by atoms with van der Waals surface area (Å²) in [5, 5.41) is 2.85. The lowest BCUT2D eigenvalue weighted by Crippen LogP contribution is -2.37. The monoisotopic (exact) mass is 375 g/mol. The summed E-state index contributed by atoms with van der Waals surface area (Å²) in [7, 11) is 0. The Morgan fingerprint density at radius 1 is 1.29 bits per heavy atom. The fraction of sp³-hybridized carbons (Fsp3) is 0.538. The normalized spacial score (nSPS) is 13.5. The van der Waals surface area contributed by atoms with E-state index in [4.69, 9.17) is 0 Å². The van der Waals surface area contributed by atoms with Crippen molar-refractivity contribution in [3.63, 3.8) is 0 Å². The van der Waals surface area contributed by atoms with E-state index in [2.05, 4.69) is 26.0 Å². The second-order valence-electron chi connectivity index (χ2n) is 4.41. The minimum Gasteiger partial charge on any atom is -0.370 e. The Labute approximate surface area is 127 Å². The zero-order valence-electron chi connectivity index (χ0n) is 11.2. The van der Waals surface area contributed by atoms with Crippen LogP contribution in [0.25, 0.3) is 0 Å². The van der Waals surface area contributed by atoms with E-state index in [1.165, 1.54) is 6.07 Å². The minimum absolute atomic E-state index is 0.102. The molecule has 0 amide bonds. The predicted octanol–water partition coefficient (Wildman–Crippen LogP) is 3.83. The molecule has 1 atom stereocenters. The maximum Gasteiger partial charge on any atom is 0.411 e. The first kappa shape index (κ1) is 18.3. The lowest BCUT2D eigenvalue weighted by atomic mass is 10.1. The third-order valence-electron chi connectivity index (χ3n) is 2.67. The second kappa shape index (κ2) is 8.05. The number of alkyl halides is 3. The van der Waals surface area contributed by atoms with Crippen LogP contribution in [0.5, 0.6) is 0 Å². The molecule has 1 aromatic rings. The molecule has 0 spiro atoms. The summed E-state index contributed by atoms with van der Waals surface area (Å²) < 4.78 is 68.2. The molecular weight excluding hydrogens is 361 g/mol. The van der Waals surface area contributed by atoms with Gasteiger partial charge in [-0.3, -0.25) is 0 Å². The lowest BCUT2D eigenvalue weighted by Gasteiger charge is -2.19.